The van der Waals surface area contributed by atoms with Crippen molar-refractivity contribution in [3.63, 3.8) is 0 Å². The van der Waals surface area contributed by atoms with Gasteiger partial charge in [-0.3, -0.25) is 14.2 Å². The maximum atomic E-state index is 12.8. The zero-order chi connectivity index (χ0) is 53.5. The fourth-order valence-corrected chi connectivity index (χ4v) is 9.25. The number of carbonyl (C=O) groups is 2. The van der Waals surface area contributed by atoms with Crippen LogP contribution in [0.15, 0.2) is 60.8 Å². The fourth-order valence-electron chi connectivity index (χ4n) is 8.52. The van der Waals surface area contributed by atoms with Crippen molar-refractivity contribution in [1.82, 2.24) is 0 Å². The molecular weight excluding hydrogens is 930 g/mol. The van der Waals surface area contributed by atoms with Crippen molar-refractivity contribution in [2.45, 2.75) is 283 Å². The average Bonchev–Trinajstić information content (AvgIpc) is 3.35. The van der Waals surface area contributed by atoms with Gasteiger partial charge in [-0.1, -0.05) is 242 Å². The second-order valence-corrected chi connectivity index (χ2v) is 23.1. The molecule has 426 valence electrons. The molecule has 0 aromatic carbocycles. The summed E-state index contributed by atoms with van der Waals surface area (Å²) < 4.78 is 34.1. The van der Waals surface area contributed by atoms with E-state index in [4.69, 9.17) is 18.5 Å². The zero-order valence-electron chi connectivity index (χ0n) is 48.3. The van der Waals surface area contributed by atoms with Crippen LogP contribution in [0.2, 0.25) is 0 Å². The van der Waals surface area contributed by atoms with Crippen LogP contribution in [-0.4, -0.2) is 70.0 Å². The molecule has 0 aromatic rings. The topological polar surface area (TPSA) is 111 Å². The van der Waals surface area contributed by atoms with Gasteiger partial charge in [0, 0.05) is 12.8 Å². The molecule has 0 aliphatic heterocycles. The third-order valence-corrected chi connectivity index (χ3v) is 14.2. The Bertz CT molecular complexity index is 1420. The number of hydrogen-bond acceptors (Lipinski definition) is 8. The second kappa shape index (κ2) is 54.5. The third kappa shape index (κ3) is 58.8. The van der Waals surface area contributed by atoms with E-state index in [1.165, 1.54) is 167 Å². The Labute approximate surface area is 451 Å². The normalized spacial score (nSPS) is 13.7. The highest BCUT2D eigenvalue weighted by Gasteiger charge is 2.22. The maximum Gasteiger partial charge on any atom is 0.306 e. The molecule has 0 fully saturated rings. The molecule has 2 unspecified atom stereocenters. The van der Waals surface area contributed by atoms with E-state index in [2.05, 4.69) is 74.6 Å². The molecule has 0 saturated carbocycles. The first-order chi connectivity index (χ1) is 35.5. The van der Waals surface area contributed by atoms with Gasteiger partial charge in [-0.2, -0.15) is 0 Å². The number of phosphoric acid groups is 1. The van der Waals surface area contributed by atoms with Gasteiger partial charge in [0.15, 0.2) is 6.10 Å². The van der Waals surface area contributed by atoms with Crippen molar-refractivity contribution in [3.05, 3.63) is 60.8 Å². The van der Waals surface area contributed by atoms with Gasteiger partial charge < -0.3 is 27.9 Å². The number of phosphoric ester groups is 1. The minimum absolute atomic E-state index is 0.0336. The minimum Gasteiger partial charge on any atom is -0.756 e. The predicted octanol–water partition coefficient (Wildman–Crippen LogP) is 18.5. The Morgan fingerprint density at radius 1 is 0.425 bits per heavy atom. The fraction of sp³-hybridized carbons (Fsp3) is 0.810. The first kappa shape index (κ1) is 70.7. The molecule has 9 nitrogen and oxygen atoms in total. The first-order valence-corrected chi connectivity index (χ1v) is 32.0. The van der Waals surface area contributed by atoms with E-state index < -0.39 is 32.5 Å². The van der Waals surface area contributed by atoms with Crippen molar-refractivity contribution in [1.29, 1.82) is 0 Å². The number of ether oxygens (including phenoxy) is 2. The molecule has 73 heavy (non-hydrogen) atoms. The summed E-state index contributed by atoms with van der Waals surface area (Å²) in [6, 6.07) is 0. The van der Waals surface area contributed by atoms with Gasteiger partial charge in [0.2, 0.25) is 0 Å². The van der Waals surface area contributed by atoms with Gasteiger partial charge in [0.05, 0.1) is 27.7 Å². The quantitative estimate of drug-likeness (QED) is 0.0195. The first-order valence-electron chi connectivity index (χ1n) is 30.5. The van der Waals surface area contributed by atoms with Gasteiger partial charge in [0.25, 0.3) is 7.82 Å². The molecule has 0 rings (SSSR count). The van der Waals surface area contributed by atoms with E-state index in [1.807, 2.05) is 21.1 Å². The SMILES string of the molecule is CCCCCC/C=C\C/C=C\CCCCCCCC(=O)OCC(COP(=O)([O-])OCC[N+](C)(C)C)OC(=O)CCCCCCCCCCCCCCCCCCCC/C=C\C/C=C\C/C=C\CCCCCCC. The zero-order valence-corrected chi connectivity index (χ0v) is 49.2. The van der Waals surface area contributed by atoms with Gasteiger partial charge >= 0.3 is 11.9 Å². The maximum absolute atomic E-state index is 12.8. The lowest BCUT2D eigenvalue weighted by molar-refractivity contribution is -0.870. The standard InChI is InChI=1S/C63H116NO8P/c1-6-8-10-12-14-16-18-20-22-24-25-26-27-28-29-30-31-32-33-34-35-36-37-38-39-40-42-44-46-48-50-52-54-56-63(66)72-61(60-71-73(67,68)70-58-57-64(3,4)5)59-69-62(65)55-53-51-49-47-45-43-41-23-21-19-17-15-13-11-9-7-2/h17-20,23-25,27-28,41,61H,6-16,21-22,26,29-40,42-60H2,1-5H3/b19-17-,20-18-,25-24-,28-27-,41-23-. The van der Waals surface area contributed by atoms with Crippen LogP contribution in [0.25, 0.3) is 0 Å². The Hall–Kier alpha value is -2.29. The van der Waals surface area contributed by atoms with E-state index in [0.717, 1.165) is 70.6 Å². The number of likely N-dealkylation sites (N-methyl/N-ethyl adjacent to an activating group) is 1. The Kier molecular flexibility index (Phi) is 52.8. The molecule has 0 amide bonds. The van der Waals surface area contributed by atoms with E-state index in [-0.39, 0.29) is 26.1 Å². The van der Waals surface area contributed by atoms with E-state index in [0.29, 0.717) is 23.9 Å². The van der Waals surface area contributed by atoms with Crippen LogP contribution in [0.4, 0.5) is 0 Å². The summed E-state index contributed by atoms with van der Waals surface area (Å²) in [5.41, 5.74) is 0. The molecule has 0 spiro atoms. The smallest absolute Gasteiger partial charge is 0.306 e. The van der Waals surface area contributed by atoms with Gasteiger partial charge in [0.1, 0.15) is 19.8 Å². The van der Waals surface area contributed by atoms with Crippen LogP contribution in [-0.2, 0) is 32.7 Å². The molecule has 2 atom stereocenters. The average molecular weight is 1050 g/mol. The van der Waals surface area contributed by atoms with Gasteiger partial charge in [-0.15, -0.1) is 0 Å². The summed E-state index contributed by atoms with van der Waals surface area (Å²) in [7, 11) is 1.16. The summed E-state index contributed by atoms with van der Waals surface area (Å²) in [4.78, 5) is 37.8. The molecule has 0 bridgehead atoms. The molecule has 10 heteroatoms. The van der Waals surface area contributed by atoms with Crippen LogP contribution in [0.5, 0.6) is 0 Å². The predicted molar refractivity (Wildman–Crippen MR) is 310 cm³/mol. The molecule has 0 aliphatic carbocycles. The highest BCUT2D eigenvalue weighted by atomic mass is 31.2. The number of unbranched alkanes of at least 4 members (excludes halogenated alkanes) is 32. The number of nitrogens with zero attached hydrogens (tertiary/aromatic N) is 1. The highest BCUT2D eigenvalue weighted by Crippen LogP contribution is 2.38. The molecule has 0 heterocycles. The highest BCUT2D eigenvalue weighted by molar-refractivity contribution is 7.45. The van der Waals surface area contributed by atoms with Crippen molar-refractivity contribution < 1.29 is 42.1 Å². The minimum atomic E-state index is -4.64. The number of esters is 2. The summed E-state index contributed by atoms with van der Waals surface area (Å²) in [6.07, 6.45) is 69.9. The Balaban J connectivity index is 4.05. The molecule has 0 aliphatic rings. The largest absolute Gasteiger partial charge is 0.756 e. The summed E-state index contributed by atoms with van der Waals surface area (Å²) in [6.45, 7) is 4.22. The number of hydrogen-bond donors (Lipinski definition) is 0. The number of carbonyl (C=O) groups excluding carboxylic acids is 2. The van der Waals surface area contributed by atoms with Crippen molar-refractivity contribution in [2.75, 3.05) is 47.5 Å². The molecule has 0 saturated heterocycles. The second-order valence-electron chi connectivity index (χ2n) is 21.7. The van der Waals surface area contributed by atoms with Crippen LogP contribution in [0.1, 0.15) is 277 Å². The lowest BCUT2D eigenvalue weighted by Gasteiger charge is -2.28. The lowest BCUT2D eigenvalue weighted by Crippen LogP contribution is -2.37. The summed E-state index contributed by atoms with van der Waals surface area (Å²) >= 11 is 0. The van der Waals surface area contributed by atoms with E-state index in [1.54, 1.807) is 0 Å². The van der Waals surface area contributed by atoms with Crippen molar-refractivity contribution >= 4 is 19.8 Å². The number of quaternary nitrogens is 1. The van der Waals surface area contributed by atoms with Crippen molar-refractivity contribution in [2.24, 2.45) is 0 Å². The molecule has 0 aromatic heterocycles. The summed E-state index contributed by atoms with van der Waals surface area (Å²) in [5, 5.41) is 0. The lowest BCUT2D eigenvalue weighted by atomic mass is 10.0. The Morgan fingerprint density at radius 2 is 0.740 bits per heavy atom. The van der Waals surface area contributed by atoms with Crippen LogP contribution in [0, 0.1) is 0 Å². The molecular formula is C63H116NO8P. The Morgan fingerprint density at radius 3 is 1.11 bits per heavy atom. The van der Waals surface area contributed by atoms with Gasteiger partial charge in [-0.05, 0) is 83.5 Å². The molecule has 0 radical (unpaired) electrons. The van der Waals surface area contributed by atoms with Crippen LogP contribution < -0.4 is 4.89 Å². The van der Waals surface area contributed by atoms with E-state index in [9.17, 15) is 19.0 Å². The van der Waals surface area contributed by atoms with Crippen LogP contribution in [0.3, 0.4) is 0 Å². The van der Waals surface area contributed by atoms with E-state index >= 15 is 0 Å². The van der Waals surface area contributed by atoms with Crippen molar-refractivity contribution in [3.8, 4) is 0 Å². The van der Waals surface area contributed by atoms with Crippen LogP contribution >= 0.6 is 7.82 Å². The summed E-state index contributed by atoms with van der Waals surface area (Å²) in [5.74, 6) is -0.842. The molecule has 0 N–H and O–H groups in total. The third-order valence-electron chi connectivity index (χ3n) is 13.3. The van der Waals surface area contributed by atoms with Gasteiger partial charge in [-0.25, -0.2) is 0 Å². The monoisotopic (exact) mass is 1050 g/mol. The number of rotatable bonds is 56. The number of allylic oxidation sites excluding steroid dienone is 10.